The number of hydrogen-bond donors (Lipinski definition) is 0. The average molecular weight is 222 g/mol. The highest BCUT2D eigenvalue weighted by molar-refractivity contribution is 8.02. The van der Waals surface area contributed by atoms with Crippen LogP contribution in [0.3, 0.4) is 0 Å². The van der Waals surface area contributed by atoms with Gasteiger partial charge in [-0.15, -0.1) is 0 Å². The third-order valence-electron chi connectivity index (χ3n) is 1.60. The lowest BCUT2D eigenvalue weighted by Crippen LogP contribution is -2.00. The Morgan fingerprint density at radius 3 is 2.80 bits per heavy atom. The molecule has 0 fully saturated rings. The molecule has 0 aliphatic carbocycles. The Morgan fingerprint density at radius 2 is 2.13 bits per heavy atom. The number of benzene rings is 1. The zero-order valence-corrected chi connectivity index (χ0v) is 9.50. The second-order valence-corrected chi connectivity index (χ2v) is 3.88. The third-order valence-corrected chi connectivity index (χ3v) is 2.42. The fraction of sp³-hybridized carbons (Fsp3) is 0.250. The van der Waals surface area contributed by atoms with Crippen molar-refractivity contribution in [3.63, 3.8) is 0 Å². The van der Waals surface area contributed by atoms with Crippen LogP contribution in [0, 0.1) is 0 Å². The zero-order chi connectivity index (χ0) is 10.9. The number of thioether (sulfide) groups is 1. The largest absolute Gasteiger partial charge is 0.463 e. The Bertz CT molecular complexity index is 320. The molecule has 0 unspecified atom stereocenters. The summed E-state index contributed by atoms with van der Waals surface area (Å²) in [6, 6.07) is 9.87. The standard InChI is InChI=1S/C12H14O2S/c1-2-9-14-12(13)8-10-15-11-6-4-3-5-7-11/h3-8,10H,2,9H2,1H3. The van der Waals surface area contributed by atoms with Gasteiger partial charge in [-0.3, -0.25) is 0 Å². The second kappa shape index (κ2) is 7.12. The van der Waals surface area contributed by atoms with Gasteiger partial charge in [-0.25, -0.2) is 4.79 Å². The van der Waals surface area contributed by atoms with Gasteiger partial charge in [-0.05, 0) is 24.0 Å². The molecule has 0 saturated heterocycles. The molecule has 1 aromatic carbocycles. The maximum atomic E-state index is 11.1. The summed E-state index contributed by atoms with van der Waals surface area (Å²) in [6.45, 7) is 2.45. The van der Waals surface area contributed by atoms with E-state index >= 15 is 0 Å². The molecule has 80 valence electrons. The number of ether oxygens (including phenoxy) is 1. The van der Waals surface area contributed by atoms with Crippen molar-refractivity contribution >= 4 is 17.7 Å². The number of carbonyl (C=O) groups excluding carboxylic acids is 1. The third kappa shape index (κ3) is 5.27. The Morgan fingerprint density at radius 1 is 1.40 bits per heavy atom. The van der Waals surface area contributed by atoms with Crippen LogP contribution in [0.25, 0.3) is 0 Å². The molecule has 0 radical (unpaired) electrons. The van der Waals surface area contributed by atoms with Gasteiger partial charge in [0.25, 0.3) is 0 Å². The highest BCUT2D eigenvalue weighted by Gasteiger charge is 1.94. The first kappa shape index (κ1) is 11.9. The van der Waals surface area contributed by atoms with E-state index in [1.807, 2.05) is 37.3 Å². The molecule has 0 saturated carbocycles. The summed E-state index contributed by atoms with van der Waals surface area (Å²) in [5.41, 5.74) is 0. The lowest BCUT2D eigenvalue weighted by atomic mass is 10.4. The SMILES string of the molecule is CCCOC(=O)C=CSc1ccccc1. The summed E-state index contributed by atoms with van der Waals surface area (Å²) in [4.78, 5) is 12.2. The molecular formula is C12H14O2S. The summed E-state index contributed by atoms with van der Waals surface area (Å²) in [5, 5.41) is 1.74. The van der Waals surface area contributed by atoms with Crippen LogP contribution in [0.15, 0.2) is 46.7 Å². The predicted octanol–water partition coefficient (Wildman–Crippen LogP) is 3.25. The van der Waals surface area contributed by atoms with Crippen LogP contribution in [0.2, 0.25) is 0 Å². The summed E-state index contributed by atoms with van der Waals surface area (Å²) >= 11 is 1.50. The topological polar surface area (TPSA) is 26.3 Å². The molecule has 1 rings (SSSR count). The van der Waals surface area contributed by atoms with Gasteiger partial charge in [0, 0.05) is 11.0 Å². The van der Waals surface area contributed by atoms with Crippen molar-refractivity contribution in [2.75, 3.05) is 6.61 Å². The molecule has 0 aliphatic heterocycles. The van der Waals surface area contributed by atoms with Crippen molar-refractivity contribution < 1.29 is 9.53 Å². The Hall–Kier alpha value is -1.22. The lowest BCUT2D eigenvalue weighted by Gasteiger charge is -1.97. The number of hydrogen-bond acceptors (Lipinski definition) is 3. The van der Waals surface area contributed by atoms with Crippen LogP contribution in [0.1, 0.15) is 13.3 Å². The van der Waals surface area contributed by atoms with Gasteiger partial charge in [-0.1, -0.05) is 36.9 Å². The van der Waals surface area contributed by atoms with Crippen LogP contribution in [0.5, 0.6) is 0 Å². The first-order valence-electron chi connectivity index (χ1n) is 4.88. The van der Waals surface area contributed by atoms with Crippen molar-refractivity contribution in [3.05, 3.63) is 41.8 Å². The second-order valence-electron chi connectivity index (χ2n) is 2.90. The number of esters is 1. The molecule has 0 bridgehead atoms. The van der Waals surface area contributed by atoms with Crippen LogP contribution >= 0.6 is 11.8 Å². The monoisotopic (exact) mass is 222 g/mol. The van der Waals surface area contributed by atoms with Gasteiger partial charge in [0.1, 0.15) is 0 Å². The van der Waals surface area contributed by atoms with E-state index in [0.29, 0.717) is 6.61 Å². The molecule has 0 N–H and O–H groups in total. The Balaban J connectivity index is 2.30. The molecule has 1 aromatic rings. The molecule has 0 aliphatic rings. The zero-order valence-electron chi connectivity index (χ0n) is 8.68. The quantitative estimate of drug-likeness (QED) is 0.434. The van der Waals surface area contributed by atoms with E-state index in [0.717, 1.165) is 11.3 Å². The Kier molecular flexibility index (Phi) is 5.63. The maximum absolute atomic E-state index is 11.1. The van der Waals surface area contributed by atoms with Gasteiger partial charge in [0.2, 0.25) is 0 Å². The molecule has 3 heteroatoms. The fourth-order valence-corrected chi connectivity index (χ4v) is 1.57. The average Bonchev–Trinajstić information content (AvgIpc) is 2.28. The van der Waals surface area contributed by atoms with Crippen LogP contribution in [-0.4, -0.2) is 12.6 Å². The van der Waals surface area contributed by atoms with E-state index in [4.69, 9.17) is 4.74 Å². The highest BCUT2D eigenvalue weighted by Crippen LogP contribution is 2.17. The predicted molar refractivity (Wildman–Crippen MR) is 62.7 cm³/mol. The molecule has 2 nitrogen and oxygen atoms in total. The van der Waals surface area contributed by atoms with Crippen LogP contribution in [0.4, 0.5) is 0 Å². The molecule has 0 spiro atoms. The van der Waals surface area contributed by atoms with Crippen molar-refractivity contribution in [1.29, 1.82) is 0 Å². The smallest absolute Gasteiger partial charge is 0.331 e. The van der Waals surface area contributed by atoms with Gasteiger partial charge < -0.3 is 4.74 Å². The maximum Gasteiger partial charge on any atom is 0.331 e. The fourth-order valence-electron chi connectivity index (χ4n) is 0.918. The summed E-state index contributed by atoms with van der Waals surface area (Å²) < 4.78 is 4.89. The summed E-state index contributed by atoms with van der Waals surface area (Å²) in [5.74, 6) is -0.278. The van der Waals surface area contributed by atoms with E-state index < -0.39 is 0 Å². The van der Waals surface area contributed by atoms with Crippen molar-refractivity contribution in [2.24, 2.45) is 0 Å². The van der Waals surface area contributed by atoms with E-state index in [9.17, 15) is 4.79 Å². The van der Waals surface area contributed by atoms with Crippen molar-refractivity contribution in [3.8, 4) is 0 Å². The van der Waals surface area contributed by atoms with Crippen LogP contribution in [-0.2, 0) is 9.53 Å². The molecule has 0 aromatic heterocycles. The molecule has 0 atom stereocenters. The van der Waals surface area contributed by atoms with Crippen molar-refractivity contribution in [1.82, 2.24) is 0 Å². The van der Waals surface area contributed by atoms with E-state index in [-0.39, 0.29) is 5.97 Å². The minimum atomic E-state index is -0.278. The Labute approximate surface area is 94.3 Å². The first-order valence-corrected chi connectivity index (χ1v) is 5.76. The van der Waals surface area contributed by atoms with E-state index in [1.54, 1.807) is 5.41 Å². The minimum Gasteiger partial charge on any atom is -0.463 e. The van der Waals surface area contributed by atoms with Gasteiger partial charge in [-0.2, -0.15) is 0 Å². The van der Waals surface area contributed by atoms with Crippen molar-refractivity contribution in [2.45, 2.75) is 18.2 Å². The highest BCUT2D eigenvalue weighted by atomic mass is 32.2. The minimum absolute atomic E-state index is 0.278. The molecule has 0 amide bonds. The van der Waals surface area contributed by atoms with Crippen LogP contribution < -0.4 is 0 Å². The van der Waals surface area contributed by atoms with Gasteiger partial charge >= 0.3 is 5.97 Å². The van der Waals surface area contributed by atoms with Gasteiger partial charge in [0.05, 0.1) is 6.61 Å². The summed E-state index contributed by atoms with van der Waals surface area (Å²) in [7, 11) is 0. The van der Waals surface area contributed by atoms with Gasteiger partial charge in [0.15, 0.2) is 0 Å². The summed E-state index contributed by atoms with van der Waals surface area (Å²) in [6.07, 6.45) is 2.30. The molecular weight excluding hydrogens is 208 g/mol. The number of carbonyl (C=O) groups is 1. The number of rotatable bonds is 5. The van der Waals surface area contributed by atoms with E-state index in [1.165, 1.54) is 17.8 Å². The molecule has 0 heterocycles. The normalized spacial score (nSPS) is 10.5. The van der Waals surface area contributed by atoms with E-state index in [2.05, 4.69) is 0 Å². The first-order chi connectivity index (χ1) is 7.33. The molecule has 15 heavy (non-hydrogen) atoms. The lowest BCUT2D eigenvalue weighted by molar-refractivity contribution is -0.137.